The number of nitrogens with two attached hydrogens (primary N) is 1. The summed E-state index contributed by atoms with van der Waals surface area (Å²) < 4.78 is 0. The van der Waals surface area contributed by atoms with Crippen molar-refractivity contribution in [2.75, 3.05) is 18.4 Å². The third kappa shape index (κ3) is 6.19. The quantitative estimate of drug-likeness (QED) is 0.278. The molecule has 0 atom stereocenters. The Balaban J connectivity index is 0.000000408. The summed E-state index contributed by atoms with van der Waals surface area (Å²) in [5, 5.41) is 7.55. The van der Waals surface area contributed by atoms with Crippen LogP contribution in [0.25, 0.3) is 0 Å². The molecule has 0 fully saturated rings. The van der Waals surface area contributed by atoms with E-state index >= 15 is 0 Å². The zero-order chi connectivity index (χ0) is 18.7. The summed E-state index contributed by atoms with van der Waals surface area (Å²) in [5.74, 6) is 0. The summed E-state index contributed by atoms with van der Waals surface area (Å²) in [6.45, 7) is 1.43. The Kier molecular flexibility index (Phi) is 9.76. The molecule has 0 aliphatic heterocycles. The average Bonchev–Trinajstić information content (AvgIpc) is 3.44. The second kappa shape index (κ2) is 12.3. The predicted octanol–water partition coefficient (Wildman–Crippen LogP) is 3.94. The molecule has 0 saturated carbocycles. The first kappa shape index (κ1) is 22.1. The predicted molar refractivity (Wildman–Crippen MR) is 120 cm³/mol. The topological polar surface area (TPSA) is 38.0 Å². The molecular weight excluding hydrogens is 403 g/mol. The molecule has 144 valence electrons. The molecule has 4 heteroatoms. The molecule has 2 nitrogen and oxygen atoms in total. The van der Waals surface area contributed by atoms with Gasteiger partial charge in [0.05, 0.1) is 0 Å². The normalized spacial score (nSPS) is 9.93. The van der Waals surface area contributed by atoms with Crippen molar-refractivity contribution in [2.45, 2.75) is 0 Å². The molecule has 0 saturated heterocycles. The second-order valence-electron chi connectivity index (χ2n) is 6.01. The first-order valence-electron chi connectivity index (χ1n) is 9.16. The third-order valence-corrected chi connectivity index (χ3v) is 6.58. The fourth-order valence-corrected chi connectivity index (χ4v) is 5.29. The van der Waals surface area contributed by atoms with Crippen molar-refractivity contribution in [1.29, 1.82) is 0 Å². The zero-order valence-electron chi connectivity index (χ0n) is 15.7. The third-order valence-electron chi connectivity index (χ3n) is 4.08. The van der Waals surface area contributed by atoms with Crippen LogP contribution in [-0.4, -0.2) is 13.1 Å². The standard InChI is InChI=1S/C19H20N2P.C5H5.Fe/c20-14-15-21-18-12-7-13-19(18)22(16-8-3-1-4-9-16)17-10-5-2-6-11-17;1-2-4-5-3-1;/h1-13,21H,14-15,20H2;1-5H;/q2*-1;+2. The largest absolute Gasteiger partial charge is 2.00 e. The van der Waals surface area contributed by atoms with Gasteiger partial charge in [0.15, 0.2) is 0 Å². The first-order chi connectivity index (χ1) is 13.4. The smallest absolute Gasteiger partial charge is 0.444 e. The van der Waals surface area contributed by atoms with Crippen LogP contribution in [0.1, 0.15) is 0 Å². The van der Waals surface area contributed by atoms with Gasteiger partial charge in [-0.15, -0.1) is 11.0 Å². The van der Waals surface area contributed by atoms with E-state index in [2.05, 4.69) is 84.2 Å². The Labute approximate surface area is 179 Å². The van der Waals surface area contributed by atoms with E-state index in [1.807, 2.05) is 30.3 Å². The molecule has 0 unspecified atom stereocenters. The molecule has 4 rings (SSSR count). The number of rotatable bonds is 6. The van der Waals surface area contributed by atoms with E-state index in [0.717, 1.165) is 6.54 Å². The number of hydrogen-bond acceptors (Lipinski definition) is 2. The fourth-order valence-electron chi connectivity index (χ4n) is 2.86. The molecule has 0 heterocycles. The van der Waals surface area contributed by atoms with E-state index in [0.29, 0.717) is 6.54 Å². The minimum absolute atomic E-state index is 0. The second-order valence-corrected chi connectivity index (χ2v) is 8.19. The summed E-state index contributed by atoms with van der Waals surface area (Å²) in [5.41, 5.74) is 6.83. The molecule has 0 aliphatic carbocycles. The van der Waals surface area contributed by atoms with Crippen molar-refractivity contribution < 1.29 is 17.1 Å². The van der Waals surface area contributed by atoms with Crippen molar-refractivity contribution in [3.63, 3.8) is 0 Å². The number of hydrogen-bond donors (Lipinski definition) is 2. The molecule has 0 radical (unpaired) electrons. The maximum Gasteiger partial charge on any atom is 2.00 e. The van der Waals surface area contributed by atoms with Gasteiger partial charge >= 0.3 is 17.1 Å². The fraction of sp³-hybridized carbons (Fsp3) is 0.0833. The van der Waals surface area contributed by atoms with Crippen LogP contribution in [-0.2, 0) is 17.1 Å². The number of benzene rings is 2. The maximum atomic E-state index is 5.64. The van der Waals surface area contributed by atoms with Crippen LogP contribution < -0.4 is 27.0 Å². The van der Waals surface area contributed by atoms with Gasteiger partial charge in [-0.05, 0) is 18.5 Å². The molecule has 0 aromatic heterocycles. The number of nitrogens with one attached hydrogen (secondary N) is 1. The molecule has 0 spiro atoms. The van der Waals surface area contributed by atoms with Crippen molar-refractivity contribution in [3.8, 4) is 0 Å². The summed E-state index contributed by atoms with van der Waals surface area (Å²) in [6, 6.07) is 38.0. The van der Waals surface area contributed by atoms with Gasteiger partial charge in [0.1, 0.15) is 0 Å². The Bertz CT molecular complexity index is 817. The maximum absolute atomic E-state index is 5.64. The van der Waals surface area contributed by atoms with Crippen LogP contribution >= 0.6 is 7.92 Å². The Morgan fingerprint density at radius 3 is 1.79 bits per heavy atom. The van der Waals surface area contributed by atoms with Gasteiger partial charge in [0.2, 0.25) is 0 Å². The molecule has 3 N–H and O–H groups in total. The van der Waals surface area contributed by atoms with Crippen LogP contribution in [0.15, 0.2) is 109 Å². The summed E-state index contributed by atoms with van der Waals surface area (Å²) in [4.78, 5) is 0. The monoisotopic (exact) mass is 428 g/mol. The zero-order valence-corrected chi connectivity index (χ0v) is 17.7. The summed E-state index contributed by atoms with van der Waals surface area (Å²) in [7, 11) is -0.550. The summed E-state index contributed by atoms with van der Waals surface area (Å²) in [6.07, 6.45) is 0. The minimum atomic E-state index is -0.550. The summed E-state index contributed by atoms with van der Waals surface area (Å²) >= 11 is 0. The molecule has 28 heavy (non-hydrogen) atoms. The van der Waals surface area contributed by atoms with E-state index in [4.69, 9.17) is 5.73 Å². The van der Waals surface area contributed by atoms with Crippen LogP contribution in [0.3, 0.4) is 0 Å². The van der Waals surface area contributed by atoms with Crippen molar-refractivity contribution in [1.82, 2.24) is 0 Å². The molecule has 0 amide bonds. The van der Waals surface area contributed by atoms with Crippen molar-refractivity contribution >= 4 is 29.5 Å². The molecule has 4 aromatic carbocycles. The van der Waals surface area contributed by atoms with Gasteiger partial charge in [-0.3, -0.25) is 0 Å². The Morgan fingerprint density at radius 2 is 1.32 bits per heavy atom. The van der Waals surface area contributed by atoms with Gasteiger partial charge in [-0.1, -0.05) is 60.7 Å². The van der Waals surface area contributed by atoms with E-state index in [-0.39, 0.29) is 17.1 Å². The van der Waals surface area contributed by atoms with Crippen LogP contribution in [0.4, 0.5) is 5.69 Å². The van der Waals surface area contributed by atoms with E-state index in [1.54, 1.807) is 0 Å². The van der Waals surface area contributed by atoms with Gasteiger partial charge in [0, 0.05) is 13.1 Å². The number of anilines is 1. The van der Waals surface area contributed by atoms with Crippen molar-refractivity contribution in [3.05, 3.63) is 109 Å². The van der Waals surface area contributed by atoms with Gasteiger partial charge in [-0.2, -0.15) is 36.4 Å². The molecule has 4 aromatic rings. The van der Waals surface area contributed by atoms with Crippen molar-refractivity contribution in [2.24, 2.45) is 5.73 Å². The molecule has 0 aliphatic rings. The molecule has 0 bridgehead atoms. The minimum Gasteiger partial charge on any atom is -0.444 e. The Morgan fingerprint density at radius 1 is 0.750 bits per heavy atom. The van der Waals surface area contributed by atoms with Crippen LogP contribution in [0.2, 0.25) is 0 Å². The van der Waals surface area contributed by atoms with E-state index < -0.39 is 7.92 Å². The van der Waals surface area contributed by atoms with Gasteiger partial charge in [0.25, 0.3) is 0 Å². The van der Waals surface area contributed by atoms with Gasteiger partial charge in [-0.25, -0.2) is 12.1 Å². The van der Waals surface area contributed by atoms with E-state index in [9.17, 15) is 0 Å². The first-order valence-corrected chi connectivity index (χ1v) is 10.5. The molecular formula is C24H25FeN2P. The van der Waals surface area contributed by atoms with Gasteiger partial charge < -0.3 is 11.1 Å². The van der Waals surface area contributed by atoms with Crippen LogP contribution in [0, 0.1) is 0 Å². The van der Waals surface area contributed by atoms with E-state index in [1.165, 1.54) is 21.6 Å². The Hall–Kier alpha value is -2.15. The SMILES string of the molecule is NCCNc1cc[cH-]c1P(c1ccccc1)c1ccccc1.[Fe+2].c1cc[cH-]c1. The van der Waals surface area contributed by atoms with Crippen LogP contribution in [0.5, 0.6) is 0 Å². The average molecular weight is 428 g/mol.